The minimum atomic E-state index is -1.84. The molecule has 0 saturated carbocycles. The maximum atomic E-state index is 12.3. The summed E-state index contributed by atoms with van der Waals surface area (Å²) in [5, 5.41) is 0. The molecule has 0 unspecified atom stereocenters. The number of benzene rings is 1. The summed E-state index contributed by atoms with van der Waals surface area (Å²) in [5.41, 5.74) is 0. The first-order valence-electron chi connectivity index (χ1n) is 2.56. The number of rotatable bonds is 0. The number of hydrogen-bond donors (Lipinski definition) is 1. The summed E-state index contributed by atoms with van der Waals surface area (Å²) in [5.74, 6) is -6.59. The lowest BCUT2D eigenvalue weighted by molar-refractivity contribution is 0.399. The second-order valence-corrected chi connectivity index (χ2v) is 2.30. The highest BCUT2D eigenvalue weighted by Gasteiger charge is 2.16. The van der Waals surface area contributed by atoms with Gasteiger partial charge in [0.25, 0.3) is 0 Å². The highest BCUT2D eigenvalue weighted by atomic mass is 32.1. The van der Waals surface area contributed by atoms with Crippen molar-refractivity contribution in [1.82, 2.24) is 0 Å². The van der Waals surface area contributed by atoms with Crippen LogP contribution in [0.5, 0.6) is 0 Å². The predicted octanol–water partition coefficient (Wildman–Crippen LogP) is 2.53. The Hall–Kier alpha value is -0.710. The van der Waals surface area contributed by atoms with E-state index >= 15 is 0 Å². The summed E-state index contributed by atoms with van der Waals surface area (Å²) in [7, 11) is 0. The average molecular weight is 182 g/mol. The normalized spacial score (nSPS) is 10.3. The van der Waals surface area contributed by atoms with Gasteiger partial charge in [0.05, 0.1) is 0 Å². The third-order valence-electron chi connectivity index (χ3n) is 1.08. The van der Waals surface area contributed by atoms with Gasteiger partial charge in [-0.2, -0.15) is 0 Å². The summed E-state index contributed by atoms with van der Waals surface area (Å²) >= 11 is 3.36. The van der Waals surface area contributed by atoms with Crippen LogP contribution in [-0.4, -0.2) is 0 Å². The van der Waals surface area contributed by atoms with Crippen molar-refractivity contribution in [3.05, 3.63) is 29.3 Å². The fourth-order valence-electron chi connectivity index (χ4n) is 0.560. The van der Waals surface area contributed by atoms with Crippen molar-refractivity contribution >= 4 is 12.6 Å². The molecule has 5 heteroatoms. The van der Waals surface area contributed by atoms with Gasteiger partial charge in [-0.1, -0.05) is 0 Å². The van der Waals surface area contributed by atoms with Crippen molar-refractivity contribution in [2.75, 3.05) is 0 Å². The Morgan fingerprint density at radius 3 is 2.00 bits per heavy atom. The molecule has 0 radical (unpaired) electrons. The lowest BCUT2D eigenvalue weighted by Crippen LogP contribution is -1.95. The Morgan fingerprint density at radius 2 is 1.45 bits per heavy atom. The van der Waals surface area contributed by atoms with Crippen LogP contribution in [0.1, 0.15) is 0 Å². The molecule has 0 bridgehead atoms. The molecule has 0 aliphatic carbocycles. The zero-order chi connectivity index (χ0) is 8.59. The highest BCUT2D eigenvalue weighted by Crippen LogP contribution is 2.20. The Kier molecular flexibility index (Phi) is 2.08. The minimum absolute atomic E-state index is 0.469. The highest BCUT2D eigenvalue weighted by molar-refractivity contribution is 7.80. The van der Waals surface area contributed by atoms with Gasteiger partial charge in [-0.05, 0) is 6.07 Å². The summed E-state index contributed by atoms with van der Waals surface area (Å²) in [6, 6.07) is 0.469. The molecule has 1 rings (SSSR count). The van der Waals surface area contributed by atoms with Gasteiger partial charge in [-0.3, -0.25) is 0 Å². The third-order valence-corrected chi connectivity index (χ3v) is 1.41. The van der Waals surface area contributed by atoms with Crippen LogP contribution in [-0.2, 0) is 0 Å². The molecule has 0 saturated heterocycles. The second-order valence-electron chi connectivity index (χ2n) is 1.82. The van der Waals surface area contributed by atoms with Crippen molar-refractivity contribution in [2.45, 2.75) is 4.90 Å². The Balaban J connectivity index is 3.46. The Morgan fingerprint density at radius 1 is 0.909 bits per heavy atom. The van der Waals surface area contributed by atoms with Gasteiger partial charge < -0.3 is 0 Å². The van der Waals surface area contributed by atoms with E-state index in [2.05, 4.69) is 12.6 Å². The fourth-order valence-corrected chi connectivity index (χ4v) is 0.772. The maximum absolute atomic E-state index is 12.3. The van der Waals surface area contributed by atoms with Crippen LogP contribution >= 0.6 is 12.6 Å². The number of thiol groups is 1. The topological polar surface area (TPSA) is 0 Å². The van der Waals surface area contributed by atoms with Gasteiger partial charge >= 0.3 is 0 Å². The van der Waals surface area contributed by atoms with Crippen LogP contribution < -0.4 is 0 Å². The molecule has 0 N–H and O–H groups in total. The zero-order valence-corrected chi connectivity index (χ0v) is 5.93. The van der Waals surface area contributed by atoms with E-state index in [1.165, 1.54) is 0 Å². The van der Waals surface area contributed by atoms with Crippen molar-refractivity contribution in [3.8, 4) is 0 Å². The molecule has 0 spiro atoms. The summed E-state index contributed by atoms with van der Waals surface area (Å²) in [4.78, 5) is -0.554. The van der Waals surface area contributed by atoms with Crippen LogP contribution in [0.2, 0.25) is 0 Å². The van der Waals surface area contributed by atoms with Gasteiger partial charge in [0.2, 0.25) is 0 Å². The smallest absolute Gasteiger partial charge is 0.198 e. The molecule has 0 aliphatic heterocycles. The lowest BCUT2D eigenvalue weighted by atomic mass is 10.3. The molecule has 0 aromatic heterocycles. The van der Waals surface area contributed by atoms with Crippen LogP contribution in [0.4, 0.5) is 17.6 Å². The van der Waals surface area contributed by atoms with Gasteiger partial charge in [-0.25, -0.2) is 17.6 Å². The van der Waals surface area contributed by atoms with E-state index < -0.39 is 28.2 Å². The maximum Gasteiger partial charge on any atom is 0.198 e. The van der Waals surface area contributed by atoms with Crippen molar-refractivity contribution in [3.63, 3.8) is 0 Å². The largest absolute Gasteiger partial charge is 0.204 e. The summed E-state index contributed by atoms with van der Waals surface area (Å²) < 4.78 is 48.9. The minimum Gasteiger partial charge on any atom is -0.204 e. The average Bonchev–Trinajstić information content (AvgIpc) is 1.97. The SMILES string of the molecule is Fc1cc(S)c(F)c(F)c1F. The van der Waals surface area contributed by atoms with Crippen molar-refractivity contribution in [1.29, 1.82) is 0 Å². The summed E-state index contributed by atoms with van der Waals surface area (Å²) in [6.07, 6.45) is 0. The standard InChI is InChI=1S/C6H2F4S/c7-2-1-3(11)5(9)6(10)4(2)8/h1,11H. The second kappa shape index (κ2) is 2.73. The molecule has 0 fully saturated rings. The van der Waals surface area contributed by atoms with Gasteiger partial charge in [0.1, 0.15) is 0 Å². The molecule has 0 nitrogen and oxygen atoms in total. The monoisotopic (exact) mass is 182 g/mol. The Labute approximate surface area is 65.2 Å². The molecule has 0 heterocycles. The lowest BCUT2D eigenvalue weighted by Gasteiger charge is -1.98. The number of hydrogen-bond acceptors (Lipinski definition) is 1. The zero-order valence-electron chi connectivity index (χ0n) is 5.04. The third kappa shape index (κ3) is 1.33. The molecular weight excluding hydrogens is 180 g/mol. The first-order valence-corrected chi connectivity index (χ1v) is 3.00. The molecule has 1 aromatic carbocycles. The first kappa shape index (κ1) is 8.39. The van der Waals surface area contributed by atoms with Crippen LogP contribution in [0.15, 0.2) is 11.0 Å². The molecule has 0 aliphatic rings. The molecule has 1 aromatic rings. The summed E-state index contributed by atoms with van der Waals surface area (Å²) in [6.45, 7) is 0. The van der Waals surface area contributed by atoms with Gasteiger partial charge in [0, 0.05) is 4.90 Å². The van der Waals surface area contributed by atoms with E-state index in [0.29, 0.717) is 6.07 Å². The van der Waals surface area contributed by atoms with E-state index in [-0.39, 0.29) is 0 Å². The molecule has 60 valence electrons. The van der Waals surface area contributed by atoms with Crippen molar-refractivity contribution in [2.24, 2.45) is 0 Å². The van der Waals surface area contributed by atoms with E-state index in [4.69, 9.17) is 0 Å². The Bertz CT molecular complexity index is 271. The molecule has 11 heavy (non-hydrogen) atoms. The quantitative estimate of drug-likeness (QED) is 0.271. The fraction of sp³-hybridized carbons (Fsp3) is 0. The molecule has 0 amide bonds. The van der Waals surface area contributed by atoms with E-state index in [1.807, 2.05) is 0 Å². The van der Waals surface area contributed by atoms with Crippen LogP contribution in [0.3, 0.4) is 0 Å². The van der Waals surface area contributed by atoms with E-state index in [9.17, 15) is 17.6 Å². The van der Waals surface area contributed by atoms with Gasteiger partial charge in [0.15, 0.2) is 23.3 Å². The predicted molar refractivity (Wildman–Crippen MR) is 33.5 cm³/mol. The van der Waals surface area contributed by atoms with Crippen LogP contribution in [0.25, 0.3) is 0 Å². The van der Waals surface area contributed by atoms with E-state index in [1.54, 1.807) is 0 Å². The molecular formula is C6H2F4S. The first-order chi connectivity index (χ1) is 5.04. The van der Waals surface area contributed by atoms with E-state index in [0.717, 1.165) is 0 Å². The molecule has 0 atom stereocenters. The van der Waals surface area contributed by atoms with Gasteiger partial charge in [-0.15, -0.1) is 12.6 Å². The van der Waals surface area contributed by atoms with Crippen LogP contribution in [0, 0.1) is 23.3 Å². The number of halogens is 4. The van der Waals surface area contributed by atoms with Crippen molar-refractivity contribution < 1.29 is 17.6 Å².